The molecule has 0 aromatic rings. The number of hydrogen-bond acceptors (Lipinski definition) is 2. The Morgan fingerprint density at radius 2 is 2.44 bits per heavy atom. The van der Waals surface area contributed by atoms with E-state index in [2.05, 4.69) is 13.5 Å². The van der Waals surface area contributed by atoms with Crippen LogP contribution in [-0.2, 0) is 4.74 Å². The van der Waals surface area contributed by atoms with Gasteiger partial charge in [-0.3, -0.25) is 0 Å². The van der Waals surface area contributed by atoms with Crippen LogP contribution in [0.5, 0.6) is 0 Å². The zero-order valence-corrected chi connectivity index (χ0v) is 6.91. The first-order valence-electron chi connectivity index (χ1n) is 3.02. The van der Waals surface area contributed by atoms with Crippen molar-refractivity contribution >= 4 is 11.8 Å². The minimum absolute atomic E-state index is 0.591. The molecule has 0 rings (SSSR count). The van der Waals surface area contributed by atoms with E-state index in [0.29, 0.717) is 5.25 Å². The van der Waals surface area contributed by atoms with Crippen LogP contribution >= 0.6 is 11.8 Å². The molecule has 1 unspecified atom stereocenters. The summed E-state index contributed by atoms with van der Waals surface area (Å²) in [4.78, 5) is 0. The zero-order chi connectivity index (χ0) is 7.11. The Kier molecular flexibility index (Phi) is 6.21. The van der Waals surface area contributed by atoms with Crippen molar-refractivity contribution < 1.29 is 4.74 Å². The molecular weight excluding hydrogens is 132 g/mol. The number of rotatable bonds is 5. The van der Waals surface area contributed by atoms with Gasteiger partial charge >= 0.3 is 0 Å². The Hall–Kier alpha value is 0.0500. The number of hydrogen-bond donors (Lipinski definition) is 0. The van der Waals surface area contributed by atoms with Crippen LogP contribution in [0.2, 0.25) is 0 Å². The first-order chi connectivity index (χ1) is 4.31. The van der Waals surface area contributed by atoms with Gasteiger partial charge in [0, 0.05) is 18.1 Å². The lowest BCUT2D eigenvalue weighted by Gasteiger charge is -2.06. The van der Waals surface area contributed by atoms with E-state index in [9.17, 15) is 0 Å². The van der Waals surface area contributed by atoms with Gasteiger partial charge in [0.05, 0.1) is 6.61 Å². The van der Waals surface area contributed by atoms with Crippen molar-refractivity contribution in [3.63, 3.8) is 0 Å². The molecule has 0 aromatic heterocycles. The van der Waals surface area contributed by atoms with Gasteiger partial charge in [-0.05, 0) is 0 Å². The van der Waals surface area contributed by atoms with Gasteiger partial charge in [-0.25, -0.2) is 0 Å². The van der Waals surface area contributed by atoms with Gasteiger partial charge in [0.1, 0.15) is 0 Å². The summed E-state index contributed by atoms with van der Waals surface area (Å²) < 4.78 is 4.95. The highest BCUT2D eigenvalue weighted by molar-refractivity contribution is 8.00. The Balaban J connectivity index is 3.04. The number of ether oxygens (including phenoxy) is 1. The monoisotopic (exact) mass is 146 g/mol. The Labute approximate surface area is 61.5 Å². The van der Waals surface area contributed by atoms with Gasteiger partial charge < -0.3 is 4.74 Å². The summed E-state index contributed by atoms with van der Waals surface area (Å²) in [6.45, 7) is 6.61. The first-order valence-corrected chi connectivity index (χ1v) is 4.07. The third-order valence-electron chi connectivity index (χ3n) is 0.900. The fraction of sp³-hybridized carbons (Fsp3) is 0.714. The summed E-state index contributed by atoms with van der Waals surface area (Å²) in [5.74, 6) is 1.02. The largest absolute Gasteiger partial charge is 0.384 e. The summed E-state index contributed by atoms with van der Waals surface area (Å²) in [5.41, 5.74) is 0. The molecule has 0 aromatic carbocycles. The lowest BCUT2D eigenvalue weighted by Crippen LogP contribution is -2.05. The van der Waals surface area contributed by atoms with Crippen LogP contribution in [0.3, 0.4) is 0 Å². The first kappa shape index (κ1) is 9.05. The predicted molar refractivity (Wildman–Crippen MR) is 44.0 cm³/mol. The Bertz CT molecular complexity index is 73.3. The van der Waals surface area contributed by atoms with Gasteiger partial charge in [-0.15, -0.1) is 6.58 Å². The van der Waals surface area contributed by atoms with E-state index in [1.165, 1.54) is 0 Å². The smallest absolute Gasteiger partial charge is 0.0578 e. The van der Waals surface area contributed by atoms with Crippen LogP contribution in [0.25, 0.3) is 0 Å². The standard InChI is InChI=1S/C7H14OS/c1-4-5-9-7(2)6-8-3/h4,7H,1,5-6H2,2-3H3. The molecule has 0 N–H and O–H groups in total. The molecule has 9 heavy (non-hydrogen) atoms. The Morgan fingerprint density at radius 3 is 2.89 bits per heavy atom. The minimum Gasteiger partial charge on any atom is -0.384 e. The Morgan fingerprint density at radius 1 is 1.78 bits per heavy atom. The molecule has 0 fully saturated rings. The molecule has 0 aliphatic heterocycles. The van der Waals surface area contributed by atoms with Crippen molar-refractivity contribution in [2.24, 2.45) is 0 Å². The molecule has 0 saturated carbocycles. The van der Waals surface area contributed by atoms with E-state index in [0.717, 1.165) is 12.4 Å². The maximum absolute atomic E-state index is 4.95. The highest BCUT2D eigenvalue weighted by Gasteiger charge is 1.97. The van der Waals surface area contributed by atoms with Gasteiger partial charge in [-0.2, -0.15) is 11.8 Å². The highest BCUT2D eigenvalue weighted by Crippen LogP contribution is 2.09. The van der Waals surface area contributed by atoms with Crippen molar-refractivity contribution in [2.75, 3.05) is 19.5 Å². The van der Waals surface area contributed by atoms with Crippen molar-refractivity contribution in [3.05, 3.63) is 12.7 Å². The molecule has 1 nitrogen and oxygen atoms in total. The van der Waals surface area contributed by atoms with Crippen molar-refractivity contribution in [2.45, 2.75) is 12.2 Å². The summed E-state index contributed by atoms with van der Waals surface area (Å²) in [6, 6.07) is 0. The molecule has 2 heteroatoms. The van der Waals surface area contributed by atoms with E-state index in [1.807, 2.05) is 17.8 Å². The van der Waals surface area contributed by atoms with Crippen LogP contribution < -0.4 is 0 Å². The van der Waals surface area contributed by atoms with Gasteiger partial charge in [0.15, 0.2) is 0 Å². The highest BCUT2D eigenvalue weighted by atomic mass is 32.2. The third kappa shape index (κ3) is 5.93. The second kappa shape index (κ2) is 6.17. The minimum atomic E-state index is 0.591. The molecule has 0 amide bonds. The van der Waals surface area contributed by atoms with Gasteiger partial charge in [0.2, 0.25) is 0 Å². The van der Waals surface area contributed by atoms with Gasteiger partial charge in [0.25, 0.3) is 0 Å². The summed E-state index contributed by atoms with van der Waals surface area (Å²) in [6.07, 6.45) is 1.91. The molecule has 0 saturated heterocycles. The van der Waals surface area contributed by atoms with E-state index < -0.39 is 0 Å². The molecular formula is C7H14OS. The van der Waals surface area contributed by atoms with E-state index >= 15 is 0 Å². The van der Waals surface area contributed by atoms with Crippen LogP contribution in [-0.4, -0.2) is 24.7 Å². The van der Waals surface area contributed by atoms with Crippen LogP contribution in [0.1, 0.15) is 6.92 Å². The van der Waals surface area contributed by atoms with E-state index in [1.54, 1.807) is 7.11 Å². The maximum atomic E-state index is 4.95. The molecule has 0 bridgehead atoms. The zero-order valence-electron chi connectivity index (χ0n) is 6.09. The lowest BCUT2D eigenvalue weighted by atomic mass is 10.5. The average Bonchev–Trinajstić information content (AvgIpc) is 1.85. The van der Waals surface area contributed by atoms with E-state index in [-0.39, 0.29) is 0 Å². The quantitative estimate of drug-likeness (QED) is 0.548. The maximum Gasteiger partial charge on any atom is 0.0578 e. The van der Waals surface area contributed by atoms with E-state index in [4.69, 9.17) is 4.74 Å². The second-order valence-electron chi connectivity index (χ2n) is 1.89. The van der Waals surface area contributed by atoms with Crippen LogP contribution in [0.15, 0.2) is 12.7 Å². The molecule has 0 spiro atoms. The number of thioether (sulfide) groups is 1. The third-order valence-corrected chi connectivity index (χ3v) is 2.03. The van der Waals surface area contributed by atoms with Crippen LogP contribution in [0, 0.1) is 0 Å². The lowest BCUT2D eigenvalue weighted by molar-refractivity contribution is 0.203. The fourth-order valence-corrected chi connectivity index (χ4v) is 1.21. The van der Waals surface area contributed by atoms with Crippen molar-refractivity contribution in [1.82, 2.24) is 0 Å². The molecule has 0 aliphatic rings. The SMILES string of the molecule is C=CCSC(C)COC. The molecule has 0 aliphatic carbocycles. The predicted octanol–water partition coefficient (Wildman–Crippen LogP) is 1.94. The molecule has 0 heterocycles. The summed E-state index contributed by atoms with van der Waals surface area (Å²) >= 11 is 1.86. The van der Waals surface area contributed by atoms with Crippen LogP contribution in [0.4, 0.5) is 0 Å². The average molecular weight is 146 g/mol. The molecule has 54 valence electrons. The van der Waals surface area contributed by atoms with Crippen molar-refractivity contribution in [1.29, 1.82) is 0 Å². The topological polar surface area (TPSA) is 9.23 Å². The molecule has 1 atom stereocenters. The number of methoxy groups -OCH3 is 1. The normalized spacial score (nSPS) is 13.1. The fourth-order valence-electron chi connectivity index (χ4n) is 0.515. The second-order valence-corrected chi connectivity index (χ2v) is 3.36. The van der Waals surface area contributed by atoms with Crippen molar-refractivity contribution in [3.8, 4) is 0 Å². The molecule has 0 radical (unpaired) electrons. The summed E-state index contributed by atoms with van der Waals surface area (Å²) in [7, 11) is 1.73. The van der Waals surface area contributed by atoms with Gasteiger partial charge in [-0.1, -0.05) is 13.0 Å². The summed E-state index contributed by atoms with van der Waals surface area (Å²) in [5, 5.41) is 0.591.